The lowest BCUT2D eigenvalue weighted by atomic mass is 9.99. The molecule has 0 aromatic rings. The molecule has 1 fully saturated rings. The molecule has 1 heterocycles. The van der Waals surface area contributed by atoms with Crippen molar-refractivity contribution in [1.82, 2.24) is 5.32 Å². The molecule has 0 aliphatic carbocycles. The van der Waals surface area contributed by atoms with Crippen LogP contribution in [0.15, 0.2) is 48.6 Å². The zero-order chi connectivity index (χ0) is 38.1. The number of aliphatic hydroxyl groups is 5. The Morgan fingerprint density at radius 1 is 0.635 bits per heavy atom. The normalized spacial score (nSPS) is 22.3. The first-order valence-corrected chi connectivity index (χ1v) is 20.9. The molecular formula is C43H77NO8. The minimum Gasteiger partial charge on any atom is -0.394 e. The van der Waals surface area contributed by atoms with Gasteiger partial charge in [0.1, 0.15) is 24.4 Å². The van der Waals surface area contributed by atoms with Crippen molar-refractivity contribution in [3.63, 3.8) is 0 Å². The lowest BCUT2D eigenvalue weighted by molar-refractivity contribution is -0.302. The van der Waals surface area contributed by atoms with Gasteiger partial charge >= 0.3 is 0 Å². The largest absolute Gasteiger partial charge is 0.394 e. The van der Waals surface area contributed by atoms with Crippen molar-refractivity contribution < 1.29 is 39.8 Å². The van der Waals surface area contributed by atoms with E-state index in [1.165, 1.54) is 70.6 Å². The molecule has 1 rings (SSSR count). The second-order valence-electron chi connectivity index (χ2n) is 14.4. The molecule has 1 saturated heterocycles. The zero-order valence-corrected chi connectivity index (χ0v) is 32.8. The summed E-state index contributed by atoms with van der Waals surface area (Å²) >= 11 is 0. The minimum absolute atomic E-state index is 0.205. The van der Waals surface area contributed by atoms with Crippen molar-refractivity contribution >= 4 is 5.91 Å². The van der Waals surface area contributed by atoms with Gasteiger partial charge in [-0.05, 0) is 64.2 Å². The summed E-state index contributed by atoms with van der Waals surface area (Å²) in [5, 5.41) is 53.9. The number of hydrogen-bond acceptors (Lipinski definition) is 8. The molecule has 9 heteroatoms. The van der Waals surface area contributed by atoms with Crippen LogP contribution < -0.4 is 5.32 Å². The van der Waals surface area contributed by atoms with E-state index >= 15 is 0 Å². The van der Waals surface area contributed by atoms with Gasteiger partial charge < -0.3 is 40.3 Å². The Balaban J connectivity index is 2.46. The molecule has 0 radical (unpaired) electrons. The number of carbonyl (C=O) groups is 1. The maximum atomic E-state index is 12.9. The van der Waals surface area contributed by atoms with Crippen LogP contribution in [0.25, 0.3) is 0 Å². The average molecular weight is 736 g/mol. The maximum absolute atomic E-state index is 12.9. The number of aliphatic hydroxyl groups excluding tert-OH is 5. The molecule has 0 aromatic carbocycles. The highest BCUT2D eigenvalue weighted by Gasteiger charge is 2.44. The van der Waals surface area contributed by atoms with Gasteiger partial charge in [0.2, 0.25) is 5.91 Å². The van der Waals surface area contributed by atoms with Gasteiger partial charge in [-0.25, -0.2) is 0 Å². The van der Waals surface area contributed by atoms with Crippen molar-refractivity contribution in [3.8, 4) is 0 Å². The van der Waals surface area contributed by atoms with Crippen molar-refractivity contribution in [2.45, 2.75) is 204 Å². The highest BCUT2D eigenvalue weighted by atomic mass is 16.7. The number of carbonyl (C=O) groups excluding carboxylic acids is 1. The standard InChI is InChI=1S/C43H77NO8/c1-3-5-7-9-11-13-15-16-17-18-19-20-21-23-24-26-28-30-32-37(46)36(35-51-43-42(50)41(49)40(48)38(34-45)52-43)44-39(47)33-31-29-27-25-22-14-12-10-8-6-4-2/h10,12,18-19,23-24,30,32,36-38,40-43,45-46,48-50H,3-9,11,13-17,20-22,25-29,31,33-35H2,1-2H3,(H,44,47)/b12-10-,19-18+,24-23+,32-30+. The van der Waals surface area contributed by atoms with Crippen LogP contribution in [0.3, 0.4) is 0 Å². The van der Waals surface area contributed by atoms with E-state index in [2.05, 4.69) is 55.6 Å². The molecule has 302 valence electrons. The van der Waals surface area contributed by atoms with Crippen LogP contribution in [-0.2, 0) is 14.3 Å². The number of hydrogen-bond donors (Lipinski definition) is 6. The summed E-state index contributed by atoms with van der Waals surface area (Å²) in [5.74, 6) is -0.205. The SMILES string of the molecule is CCCC/C=C\CCCCCCCC(=O)NC(COC1OC(CO)C(O)C(O)C1O)C(O)/C=C/CC/C=C/CC/C=C/CCCCCCCCCC. The summed E-state index contributed by atoms with van der Waals surface area (Å²) in [6.07, 6.45) is 34.4. The van der Waals surface area contributed by atoms with Gasteiger partial charge in [-0.3, -0.25) is 4.79 Å². The van der Waals surface area contributed by atoms with Crippen molar-refractivity contribution in [2.75, 3.05) is 13.2 Å². The predicted octanol–water partition coefficient (Wildman–Crippen LogP) is 7.89. The fraction of sp³-hybridized carbons (Fsp3) is 0.791. The van der Waals surface area contributed by atoms with Gasteiger partial charge in [-0.2, -0.15) is 0 Å². The van der Waals surface area contributed by atoms with Gasteiger partial charge in [0.15, 0.2) is 6.29 Å². The van der Waals surface area contributed by atoms with E-state index in [-0.39, 0.29) is 12.5 Å². The molecule has 7 atom stereocenters. The van der Waals surface area contributed by atoms with E-state index in [0.29, 0.717) is 6.42 Å². The molecule has 1 amide bonds. The van der Waals surface area contributed by atoms with Crippen LogP contribution >= 0.6 is 0 Å². The molecule has 0 bridgehead atoms. The molecule has 1 aliphatic heterocycles. The smallest absolute Gasteiger partial charge is 0.220 e. The average Bonchev–Trinajstić information content (AvgIpc) is 3.14. The number of amides is 1. The highest BCUT2D eigenvalue weighted by molar-refractivity contribution is 5.76. The first-order valence-electron chi connectivity index (χ1n) is 20.9. The summed E-state index contributed by atoms with van der Waals surface area (Å²) in [6, 6.07) is -0.830. The fourth-order valence-electron chi connectivity index (χ4n) is 6.17. The second kappa shape index (κ2) is 33.7. The number of unbranched alkanes of at least 4 members (excludes halogenated alkanes) is 17. The summed E-state index contributed by atoms with van der Waals surface area (Å²) in [7, 11) is 0. The summed E-state index contributed by atoms with van der Waals surface area (Å²) < 4.78 is 11.1. The van der Waals surface area contributed by atoms with Crippen LogP contribution in [0.1, 0.15) is 162 Å². The first-order chi connectivity index (χ1) is 25.3. The van der Waals surface area contributed by atoms with E-state index in [9.17, 15) is 30.3 Å². The monoisotopic (exact) mass is 736 g/mol. The number of ether oxygens (including phenoxy) is 2. The Morgan fingerprint density at radius 3 is 1.67 bits per heavy atom. The molecule has 52 heavy (non-hydrogen) atoms. The fourth-order valence-corrected chi connectivity index (χ4v) is 6.17. The quantitative estimate of drug-likeness (QED) is 0.0295. The summed E-state index contributed by atoms with van der Waals surface area (Å²) in [4.78, 5) is 12.9. The molecule has 7 unspecified atom stereocenters. The minimum atomic E-state index is -1.57. The highest BCUT2D eigenvalue weighted by Crippen LogP contribution is 2.22. The van der Waals surface area contributed by atoms with Crippen molar-refractivity contribution in [2.24, 2.45) is 0 Å². The second-order valence-corrected chi connectivity index (χ2v) is 14.4. The Hall–Kier alpha value is -1.85. The molecule has 6 N–H and O–H groups in total. The van der Waals surface area contributed by atoms with Gasteiger partial charge in [-0.1, -0.05) is 140 Å². The predicted molar refractivity (Wildman–Crippen MR) is 212 cm³/mol. The van der Waals surface area contributed by atoms with Gasteiger partial charge in [0.05, 0.1) is 25.4 Å². The molecule has 1 aliphatic rings. The molecule has 0 saturated carbocycles. The van der Waals surface area contributed by atoms with Crippen LogP contribution in [0.5, 0.6) is 0 Å². The number of nitrogens with one attached hydrogen (secondary N) is 1. The molecule has 0 aromatic heterocycles. The van der Waals surface area contributed by atoms with E-state index in [1.54, 1.807) is 6.08 Å². The van der Waals surface area contributed by atoms with E-state index in [4.69, 9.17) is 9.47 Å². The van der Waals surface area contributed by atoms with Gasteiger partial charge in [0, 0.05) is 6.42 Å². The lowest BCUT2D eigenvalue weighted by Crippen LogP contribution is -2.60. The third kappa shape index (κ3) is 24.5. The van der Waals surface area contributed by atoms with Crippen molar-refractivity contribution in [3.05, 3.63) is 48.6 Å². The van der Waals surface area contributed by atoms with Gasteiger partial charge in [-0.15, -0.1) is 0 Å². The zero-order valence-electron chi connectivity index (χ0n) is 32.8. The number of allylic oxidation sites excluding steroid dienone is 7. The van der Waals surface area contributed by atoms with Crippen LogP contribution in [0.4, 0.5) is 0 Å². The topological polar surface area (TPSA) is 149 Å². The lowest BCUT2D eigenvalue weighted by Gasteiger charge is -2.40. The van der Waals surface area contributed by atoms with Crippen LogP contribution in [0, 0.1) is 0 Å². The Morgan fingerprint density at radius 2 is 1.12 bits per heavy atom. The number of rotatable bonds is 33. The third-order valence-corrected chi connectivity index (χ3v) is 9.60. The van der Waals surface area contributed by atoms with E-state index < -0.39 is 49.5 Å². The Labute approximate surface area is 316 Å². The Bertz CT molecular complexity index is 951. The molecule has 0 spiro atoms. The van der Waals surface area contributed by atoms with Gasteiger partial charge in [0.25, 0.3) is 0 Å². The van der Waals surface area contributed by atoms with E-state index in [0.717, 1.165) is 70.6 Å². The molecule has 9 nitrogen and oxygen atoms in total. The summed E-state index contributed by atoms with van der Waals surface area (Å²) in [5.41, 5.74) is 0. The van der Waals surface area contributed by atoms with Crippen LogP contribution in [0.2, 0.25) is 0 Å². The van der Waals surface area contributed by atoms with E-state index in [1.807, 2.05) is 6.08 Å². The third-order valence-electron chi connectivity index (χ3n) is 9.60. The van der Waals surface area contributed by atoms with Crippen LogP contribution in [-0.4, -0.2) is 87.5 Å². The maximum Gasteiger partial charge on any atom is 0.220 e. The molecular weight excluding hydrogens is 658 g/mol. The Kier molecular flexibility index (Phi) is 31.2. The first kappa shape index (κ1) is 48.2. The van der Waals surface area contributed by atoms with Crippen molar-refractivity contribution in [1.29, 1.82) is 0 Å². The summed E-state index contributed by atoms with van der Waals surface area (Å²) in [6.45, 7) is 3.67.